The number of esters is 2. The zero-order valence-electron chi connectivity index (χ0n) is 23.0. The van der Waals surface area contributed by atoms with Crippen molar-refractivity contribution in [2.24, 2.45) is 0 Å². The number of nitrogens with one attached hydrogen (secondary N) is 1. The second-order valence-corrected chi connectivity index (χ2v) is 9.96. The summed E-state index contributed by atoms with van der Waals surface area (Å²) in [7, 11) is 0. The number of carbonyl (C=O) groups is 3. The van der Waals surface area contributed by atoms with Crippen LogP contribution in [-0.2, 0) is 30.4 Å². The molecule has 40 heavy (non-hydrogen) atoms. The lowest BCUT2D eigenvalue weighted by molar-refractivity contribution is -0.153. The molecule has 0 aliphatic heterocycles. The Bertz CT molecular complexity index is 1230. The number of alkyl carbamates (subject to hydrolysis) is 1. The summed E-state index contributed by atoms with van der Waals surface area (Å²) in [5.74, 6) is -1.23. The Morgan fingerprint density at radius 3 is 2.05 bits per heavy atom. The number of unbranched alkanes of at least 4 members (excludes halogenated alkanes) is 4. The van der Waals surface area contributed by atoms with Gasteiger partial charge >= 0.3 is 18.0 Å². The summed E-state index contributed by atoms with van der Waals surface area (Å²) in [5.41, 5.74) is 5.22. The zero-order valence-corrected chi connectivity index (χ0v) is 23.0. The lowest BCUT2D eigenvalue weighted by Crippen LogP contribution is -2.45. The van der Waals surface area contributed by atoms with Crippen LogP contribution in [0.2, 0.25) is 0 Å². The van der Waals surface area contributed by atoms with Gasteiger partial charge < -0.3 is 19.5 Å². The van der Waals surface area contributed by atoms with Crippen molar-refractivity contribution in [1.29, 1.82) is 0 Å². The van der Waals surface area contributed by atoms with Crippen LogP contribution < -0.4 is 5.32 Å². The average Bonchev–Trinajstić information content (AvgIpc) is 3.31. The molecule has 1 aliphatic carbocycles. The molecule has 0 unspecified atom stereocenters. The van der Waals surface area contributed by atoms with Gasteiger partial charge in [0.25, 0.3) is 0 Å². The number of benzene rings is 3. The summed E-state index contributed by atoms with van der Waals surface area (Å²) < 4.78 is 16.4. The molecule has 7 nitrogen and oxygen atoms in total. The number of rotatable bonds is 14. The van der Waals surface area contributed by atoms with Gasteiger partial charge in [0, 0.05) is 12.3 Å². The van der Waals surface area contributed by atoms with Gasteiger partial charge in [-0.05, 0) is 34.2 Å². The van der Waals surface area contributed by atoms with E-state index in [2.05, 4.69) is 24.4 Å². The number of ether oxygens (including phenoxy) is 3. The molecule has 0 heterocycles. The molecule has 1 N–H and O–H groups in total. The predicted molar refractivity (Wildman–Crippen MR) is 153 cm³/mol. The largest absolute Gasteiger partial charge is 0.463 e. The van der Waals surface area contributed by atoms with Crippen LogP contribution in [0.15, 0.2) is 78.9 Å². The highest BCUT2D eigenvalue weighted by Gasteiger charge is 2.30. The molecule has 0 radical (unpaired) electrons. The third kappa shape index (κ3) is 7.94. The van der Waals surface area contributed by atoms with E-state index in [0.717, 1.165) is 59.9 Å². The van der Waals surface area contributed by atoms with Crippen LogP contribution in [0.4, 0.5) is 4.79 Å². The minimum atomic E-state index is -1.19. The zero-order chi connectivity index (χ0) is 28.2. The van der Waals surface area contributed by atoms with Gasteiger partial charge in [-0.3, -0.25) is 4.79 Å². The van der Waals surface area contributed by atoms with Crippen LogP contribution in [0.5, 0.6) is 0 Å². The van der Waals surface area contributed by atoms with Crippen LogP contribution in [0.25, 0.3) is 11.1 Å². The van der Waals surface area contributed by atoms with E-state index in [1.54, 1.807) is 0 Å². The van der Waals surface area contributed by atoms with Crippen LogP contribution in [0.3, 0.4) is 0 Å². The Morgan fingerprint density at radius 1 is 0.750 bits per heavy atom. The van der Waals surface area contributed by atoms with Crippen molar-refractivity contribution in [2.75, 3.05) is 13.2 Å². The highest BCUT2D eigenvalue weighted by atomic mass is 16.6. The molecule has 0 fully saturated rings. The number of hydrogen-bond donors (Lipinski definition) is 1. The maximum absolute atomic E-state index is 12.9. The first-order valence-electron chi connectivity index (χ1n) is 14.0. The fourth-order valence-electron chi connectivity index (χ4n) is 4.90. The molecule has 3 aromatic rings. The van der Waals surface area contributed by atoms with Crippen molar-refractivity contribution < 1.29 is 28.6 Å². The van der Waals surface area contributed by atoms with E-state index in [1.165, 1.54) is 0 Å². The van der Waals surface area contributed by atoms with E-state index in [0.29, 0.717) is 0 Å². The second-order valence-electron chi connectivity index (χ2n) is 9.96. The molecule has 1 aliphatic rings. The molecule has 1 amide bonds. The van der Waals surface area contributed by atoms with Crippen molar-refractivity contribution in [3.63, 3.8) is 0 Å². The average molecular weight is 544 g/mol. The van der Waals surface area contributed by atoms with Gasteiger partial charge in [-0.2, -0.15) is 0 Å². The number of hydrogen-bond acceptors (Lipinski definition) is 6. The highest BCUT2D eigenvalue weighted by molar-refractivity contribution is 5.82. The minimum absolute atomic E-state index is 0.0356. The summed E-state index contributed by atoms with van der Waals surface area (Å²) in [6.07, 6.45) is 4.49. The number of fused-ring (bicyclic) bond motifs is 3. The molecular formula is C33H37NO6. The third-order valence-electron chi connectivity index (χ3n) is 7.04. The van der Waals surface area contributed by atoms with E-state index < -0.39 is 24.1 Å². The normalized spacial score (nSPS) is 12.6. The Kier molecular flexibility index (Phi) is 10.7. The fraction of sp³-hybridized carbons (Fsp3) is 0.364. The van der Waals surface area contributed by atoms with Gasteiger partial charge in [-0.15, -0.1) is 0 Å². The molecule has 3 aromatic carbocycles. The first-order valence-corrected chi connectivity index (χ1v) is 14.0. The maximum atomic E-state index is 12.9. The Morgan fingerprint density at radius 2 is 1.38 bits per heavy atom. The Hall–Kier alpha value is -4.13. The van der Waals surface area contributed by atoms with Crippen LogP contribution >= 0.6 is 0 Å². The summed E-state index contributed by atoms with van der Waals surface area (Å²) in [6.45, 7) is 1.94. The van der Waals surface area contributed by atoms with E-state index in [4.69, 9.17) is 14.2 Å². The lowest BCUT2D eigenvalue weighted by Gasteiger charge is -2.19. The molecule has 0 aromatic heterocycles. The Balaban J connectivity index is 1.34. The molecule has 7 heteroatoms. The predicted octanol–water partition coefficient (Wildman–Crippen LogP) is 6.54. The summed E-state index contributed by atoms with van der Waals surface area (Å²) in [6, 6.07) is 24.1. The smallest absolute Gasteiger partial charge is 0.407 e. The molecule has 0 spiro atoms. The second kappa shape index (κ2) is 14.9. The van der Waals surface area contributed by atoms with E-state index >= 15 is 0 Å². The van der Waals surface area contributed by atoms with Crippen LogP contribution in [0.1, 0.15) is 68.1 Å². The van der Waals surface area contributed by atoms with Gasteiger partial charge in [0.2, 0.25) is 0 Å². The van der Waals surface area contributed by atoms with Gasteiger partial charge in [-0.25, -0.2) is 9.59 Å². The van der Waals surface area contributed by atoms with Crippen molar-refractivity contribution in [3.05, 3.63) is 95.6 Å². The van der Waals surface area contributed by atoms with Gasteiger partial charge in [0.1, 0.15) is 19.8 Å². The van der Waals surface area contributed by atoms with Crippen LogP contribution in [-0.4, -0.2) is 37.3 Å². The van der Waals surface area contributed by atoms with Crippen LogP contribution in [0, 0.1) is 0 Å². The van der Waals surface area contributed by atoms with Crippen molar-refractivity contribution >= 4 is 18.0 Å². The van der Waals surface area contributed by atoms with Gasteiger partial charge in [-0.1, -0.05) is 111 Å². The first kappa shape index (κ1) is 28.9. The number of carbonyl (C=O) groups excluding carboxylic acids is 3. The van der Waals surface area contributed by atoms with Crippen molar-refractivity contribution in [1.82, 2.24) is 5.32 Å². The monoisotopic (exact) mass is 543 g/mol. The molecule has 210 valence electrons. The number of amides is 1. The summed E-state index contributed by atoms with van der Waals surface area (Å²) in [5, 5.41) is 2.55. The lowest BCUT2D eigenvalue weighted by atomic mass is 9.98. The van der Waals surface area contributed by atoms with E-state index in [1.807, 2.05) is 66.7 Å². The molecule has 4 rings (SSSR count). The van der Waals surface area contributed by atoms with Gasteiger partial charge in [0.05, 0.1) is 0 Å². The molecule has 0 saturated carbocycles. The minimum Gasteiger partial charge on any atom is -0.463 e. The van der Waals surface area contributed by atoms with Crippen molar-refractivity contribution in [3.8, 4) is 11.1 Å². The Labute approximate surface area is 235 Å². The van der Waals surface area contributed by atoms with Gasteiger partial charge in [0.15, 0.2) is 6.04 Å². The SMILES string of the molecule is CCCCCCCC(=O)OC[C@H](NC(=O)OCC1c2ccccc2-c2ccccc21)C(=O)OCc1ccccc1. The first-order chi connectivity index (χ1) is 19.6. The standard InChI is InChI=1S/C33H37NO6/c1-2-3-4-5-9-20-31(35)38-23-30(32(36)39-21-24-14-7-6-8-15-24)34-33(37)40-22-29-27-18-12-10-16-25(27)26-17-11-13-19-28(26)29/h6-8,10-19,29-30H,2-5,9,20-23H2,1H3,(H,34,37)/t30-/m0/s1. The van der Waals surface area contributed by atoms with Crippen molar-refractivity contribution in [2.45, 2.75) is 64.0 Å². The van der Waals surface area contributed by atoms with E-state index in [9.17, 15) is 14.4 Å². The topological polar surface area (TPSA) is 90.9 Å². The molecule has 1 atom stereocenters. The fourth-order valence-corrected chi connectivity index (χ4v) is 4.90. The quantitative estimate of drug-likeness (QED) is 0.141. The summed E-state index contributed by atoms with van der Waals surface area (Å²) >= 11 is 0. The molecular weight excluding hydrogens is 506 g/mol. The maximum Gasteiger partial charge on any atom is 0.407 e. The molecule has 0 bridgehead atoms. The summed E-state index contributed by atoms with van der Waals surface area (Å²) in [4.78, 5) is 38.0. The highest BCUT2D eigenvalue weighted by Crippen LogP contribution is 2.44. The third-order valence-corrected chi connectivity index (χ3v) is 7.04. The van der Waals surface area contributed by atoms with E-state index in [-0.39, 0.29) is 32.2 Å². The molecule has 0 saturated heterocycles.